The molecule has 0 radical (unpaired) electrons. The second-order valence-corrected chi connectivity index (χ2v) is 7.37. The summed E-state index contributed by atoms with van der Waals surface area (Å²) in [6, 6.07) is 10.9. The number of anilines is 1. The highest BCUT2D eigenvalue weighted by Gasteiger charge is 2.30. The summed E-state index contributed by atoms with van der Waals surface area (Å²) in [6.07, 6.45) is -0.838. The molecule has 0 aromatic heterocycles. The summed E-state index contributed by atoms with van der Waals surface area (Å²) >= 11 is 0. The van der Waals surface area contributed by atoms with Crippen LogP contribution >= 0.6 is 0 Å². The number of urea groups is 1. The predicted molar refractivity (Wildman–Crippen MR) is 109 cm³/mol. The van der Waals surface area contributed by atoms with E-state index in [4.69, 9.17) is 9.47 Å². The minimum Gasteiger partial charge on any atom is -0.491 e. The summed E-state index contributed by atoms with van der Waals surface area (Å²) in [7, 11) is 0. The minimum absolute atomic E-state index is 0.0155. The molecule has 31 heavy (non-hydrogen) atoms. The van der Waals surface area contributed by atoms with Crippen molar-refractivity contribution in [3.63, 3.8) is 0 Å². The third-order valence-corrected chi connectivity index (χ3v) is 4.82. The summed E-state index contributed by atoms with van der Waals surface area (Å²) in [6.45, 7) is -0.400. The molecule has 0 aliphatic heterocycles. The van der Waals surface area contributed by atoms with Crippen molar-refractivity contribution in [1.82, 2.24) is 5.32 Å². The van der Waals surface area contributed by atoms with Gasteiger partial charge in [-0.3, -0.25) is 0 Å². The second kappa shape index (κ2) is 10.4. The number of aliphatic hydroxyl groups is 1. The lowest BCUT2D eigenvalue weighted by Gasteiger charge is -2.15. The van der Waals surface area contributed by atoms with E-state index < -0.39 is 23.9 Å². The monoisotopic (exact) mass is 438 g/mol. The van der Waals surface area contributed by atoms with E-state index in [2.05, 4.69) is 10.6 Å². The molecule has 1 atom stereocenters. The van der Waals surface area contributed by atoms with E-state index in [1.54, 1.807) is 24.3 Å². The van der Waals surface area contributed by atoms with Gasteiger partial charge in [-0.1, -0.05) is 6.07 Å². The van der Waals surface area contributed by atoms with Crippen molar-refractivity contribution >= 4 is 11.7 Å². The Hall–Kier alpha value is -2.94. The number of aliphatic hydroxyl groups excluding tert-OH is 1. The van der Waals surface area contributed by atoms with Crippen molar-refractivity contribution in [2.24, 2.45) is 0 Å². The lowest BCUT2D eigenvalue weighted by atomic mass is 10.2. The van der Waals surface area contributed by atoms with Crippen LogP contribution in [0.25, 0.3) is 0 Å². The summed E-state index contributed by atoms with van der Waals surface area (Å²) < 4.78 is 49.2. The zero-order valence-electron chi connectivity index (χ0n) is 16.8. The molecule has 0 spiro atoms. The van der Waals surface area contributed by atoms with Crippen molar-refractivity contribution in [3.8, 4) is 11.5 Å². The zero-order chi connectivity index (χ0) is 22.3. The molecule has 3 N–H and O–H groups in total. The van der Waals surface area contributed by atoms with Crippen LogP contribution in [0.1, 0.15) is 31.2 Å². The van der Waals surface area contributed by atoms with Gasteiger partial charge in [0.1, 0.15) is 24.2 Å². The first-order chi connectivity index (χ1) is 14.8. The fourth-order valence-electron chi connectivity index (χ4n) is 3.21. The molecule has 9 heteroatoms. The van der Waals surface area contributed by atoms with Gasteiger partial charge >= 0.3 is 12.2 Å². The molecule has 1 aliphatic carbocycles. The highest BCUT2D eigenvalue weighted by Crippen LogP contribution is 2.31. The molecule has 1 unspecified atom stereocenters. The number of hydrogen-bond donors (Lipinski definition) is 3. The smallest absolute Gasteiger partial charge is 0.416 e. The maximum absolute atomic E-state index is 12.7. The molecular weight excluding hydrogens is 413 g/mol. The zero-order valence-corrected chi connectivity index (χ0v) is 16.8. The highest BCUT2D eigenvalue weighted by molar-refractivity contribution is 5.89. The van der Waals surface area contributed by atoms with Crippen LogP contribution in [0.2, 0.25) is 0 Å². The van der Waals surface area contributed by atoms with Gasteiger partial charge in [0.05, 0.1) is 11.7 Å². The topological polar surface area (TPSA) is 79.8 Å². The average molecular weight is 438 g/mol. The van der Waals surface area contributed by atoms with Crippen LogP contribution in [0.3, 0.4) is 0 Å². The van der Waals surface area contributed by atoms with E-state index in [1.165, 1.54) is 25.0 Å². The molecule has 6 nitrogen and oxygen atoms in total. The Kier molecular flexibility index (Phi) is 7.62. The van der Waals surface area contributed by atoms with Crippen LogP contribution in [-0.2, 0) is 6.18 Å². The highest BCUT2D eigenvalue weighted by atomic mass is 19.4. The number of carbonyl (C=O) groups is 1. The molecular formula is C22H25F3N2O4. The molecule has 2 aromatic rings. The summed E-state index contributed by atoms with van der Waals surface area (Å²) in [5, 5.41) is 15.0. The average Bonchev–Trinajstić information content (AvgIpc) is 3.25. The minimum atomic E-state index is -4.47. The summed E-state index contributed by atoms with van der Waals surface area (Å²) in [4.78, 5) is 12.0. The molecule has 0 bridgehead atoms. The number of nitrogens with one attached hydrogen (secondary N) is 2. The standard InChI is InChI=1S/C22H25F3N2O4/c23-22(24,25)15-4-3-7-20(12-15)30-14-17(28)13-26-21(29)27-16-8-10-19(11-9-16)31-18-5-1-2-6-18/h3-4,7-12,17-18,28H,1-2,5-6,13-14H2,(H2,26,27,29). The van der Waals surface area contributed by atoms with Crippen molar-refractivity contribution in [2.75, 3.05) is 18.5 Å². The Morgan fingerprint density at radius 1 is 1.10 bits per heavy atom. The van der Waals surface area contributed by atoms with E-state index >= 15 is 0 Å². The van der Waals surface area contributed by atoms with Crippen molar-refractivity contribution in [3.05, 3.63) is 54.1 Å². The van der Waals surface area contributed by atoms with E-state index in [0.717, 1.165) is 30.7 Å². The van der Waals surface area contributed by atoms with Gasteiger partial charge in [-0.2, -0.15) is 13.2 Å². The molecule has 1 fully saturated rings. The molecule has 3 rings (SSSR count). The van der Waals surface area contributed by atoms with E-state index in [-0.39, 0.29) is 25.0 Å². The van der Waals surface area contributed by atoms with Crippen LogP contribution in [0.5, 0.6) is 11.5 Å². The van der Waals surface area contributed by atoms with Crippen LogP contribution in [0.4, 0.5) is 23.7 Å². The normalized spacial score (nSPS) is 15.4. The summed E-state index contributed by atoms with van der Waals surface area (Å²) in [5.74, 6) is 0.735. The van der Waals surface area contributed by atoms with Crippen LogP contribution < -0.4 is 20.1 Å². The number of hydrogen-bond acceptors (Lipinski definition) is 4. The third kappa shape index (κ3) is 7.36. The molecule has 1 saturated carbocycles. The van der Waals surface area contributed by atoms with Gasteiger partial charge in [0.25, 0.3) is 0 Å². The Morgan fingerprint density at radius 3 is 2.48 bits per heavy atom. The number of rotatable bonds is 8. The largest absolute Gasteiger partial charge is 0.491 e. The summed E-state index contributed by atoms with van der Waals surface area (Å²) in [5.41, 5.74) is -0.275. The van der Waals surface area contributed by atoms with Crippen molar-refractivity contribution in [1.29, 1.82) is 0 Å². The van der Waals surface area contributed by atoms with Gasteiger partial charge in [-0.25, -0.2) is 4.79 Å². The molecule has 0 saturated heterocycles. The van der Waals surface area contributed by atoms with Gasteiger partial charge < -0.3 is 25.2 Å². The van der Waals surface area contributed by atoms with Crippen LogP contribution in [0.15, 0.2) is 48.5 Å². The first kappa shape index (κ1) is 22.7. The Labute approximate surface area is 178 Å². The lowest BCUT2D eigenvalue weighted by molar-refractivity contribution is -0.137. The molecule has 0 heterocycles. The number of benzene rings is 2. The molecule has 2 aromatic carbocycles. The first-order valence-corrected chi connectivity index (χ1v) is 10.1. The Balaban J connectivity index is 1.38. The first-order valence-electron chi connectivity index (χ1n) is 10.1. The Bertz CT molecular complexity index is 853. The molecule has 168 valence electrons. The quantitative estimate of drug-likeness (QED) is 0.563. The number of halogens is 3. The maximum atomic E-state index is 12.7. The molecule has 2 amide bonds. The van der Waals surface area contributed by atoms with Crippen molar-refractivity contribution < 1.29 is 32.5 Å². The van der Waals surface area contributed by atoms with Crippen molar-refractivity contribution in [2.45, 2.75) is 44.1 Å². The number of alkyl halides is 3. The van der Waals surface area contributed by atoms with Gasteiger partial charge in [-0.05, 0) is 68.1 Å². The van der Waals surface area contributed by atoms with Gasteiger partial charge in [0, 0.05) is 12.2 Å². The predicted octanol–water partition coefficient (Wildman–Crippen LogP) is 4.59. The number of carbonyl (C=O) groups excluding carboxylic acids is 1. The Morgan fingerprint density at radius 2 is 1.81 bits per heavy atom. The van der Waals surface area contributed by atoms with Gasteiger partial charge in [0.2, 0.25) is 0 Å². The van der Waals surface area contributed by atoms with Gasteiger partial charge in [0.15, 0.2) is 0 Å². The second-order valence-electron chi connectivity index (χ2n) is 7.37. The van der Waals surface area contributed by atoms with Crippen LogP contribution in [-0.4, -0.2) is 36.5 Å². The third-order valence-electron chi connectivity index (χ3n) is 4.82. The van der Waals surface area contributed by atoms with E-state index in [9.17, 15) is 23.1 Å². The fraction of sp³-hybridized carbons (Fsp3) is 0.409. The number of amides is 2. The maximum Gasteiger partial charge on any atom is 0.416 e. The SMILES string of the molecule is O=C(NCC(O)COc1cccc(C(F)(F)F)c1)Nc1ccc(OC2CCCC2)cc1. The number of ether oxygens (including phenoxy) is 2. The van der Waals surface area contributed by atoms with E-state index in [0.29, 0.717) is 5.69 Å². The molecule has 1 aliphatic rings. The van der Waals surface area contributed by atoms with Crippen LogP contribution in [0, 0.1) is 0 Å². The lowest BCUT2D eigenvalue weighted by Crippen LogP contribution is -2.37. The van der Waals surface area contributed by atoms with E-state index in [1.807, 2.05) is 0 Å². The van der Waals surface area contributed by atoms with Gasteiger partial charge in [-0.15, -0.1) is 0 Å². The fourth-order valence-corrected chi connectivity index (χ4v) is 3.21.